The van der Waals surface area contributed by atoms with Crippen molar-refractivity contribution in [2.75, 3.05) is 13.1 Å². The fourth-order valence-electron chi connectivity index (χ4n) is 3.62. The topological polar surface area (TPSA) is 46.3 Å². The standard InChI is InChI=1S/C20H19N5S/c1-2-19-22-20(18-5-9-24(12-18)11-15-6-10-26-14-15)23-25(19)13-17(1)16-3-7-21-8-4-16/h1-4,6-8,10,13-14,18H,5,9,11-12H2/t18-/m0/s1. The highest BCUT2D eigenvalue weighted by molar-refractivity contribution is 7.07. The smallest absolute Gasteiger partial charge is 0.156 e. The Bertz CT molecular complexity index is 1010. The maximum atomic E-state index is 4.78. The van der Waals surface area contributed by atoms with E-state index < -0.39 is 0 Å². The van der Waals surface area contributed by atoms with E-state index in [2.05, 4.69) is 39.0 Å². The third-order valence-corrected chi connectivity index (χ3v) is 5.72. The number of hydrogen-bond acceptors (Lipinski definition) is 5. The van der Waals surface area contributed by atoms with Crippen LogP contribution in [0.25, 0.3) is 16.8 Å². The molecular formula is C20H19N5S. The first-order valence-electron chi connectivity index (χ1n) is 8.85. The maximum Gasteiger partial charge on any atom is 0.156 e. The van der Waals surface area contributed by atoms with E-state index in [-0.39, 0.29) is 0 Å². The van der Waals surface area contributed by atoms with Gasteiger partial charge in [-0.25, -0.2) is 9.50 Å². The van der Waals surface area contributed by atoms with Gasteiger partial charge < -0.3 is 0 Å². The van der Waals surface area contributed by atoms with Crippen LogP contribution in [0.4, 0.5) is 0 Å². The third kappa shape index (κ3) is 3.02. The molecule has 1 saturated heterocycles. The Morgan fingerprint density at radius 2 is 2.00 bits per heavy atom. The third-order valence-electron chi connectivity index (χ3n) is 4.98. The van der Waals surface area contributed by atoms with Gasteiger partial charge in [0.15, 0.2) is 11.5 Å². The van der Waals surface area contributed by atoms with Crippen molar-refractivity contribution in [1.29, 1.82) is 0 Å². The fraction of sp³-hybridized carbons (Fsp3) is 0.250. The lowest BCUT2D eigenvalue weighted by molar-refractivity contribution is 0.326. The number of rotatable bonds is 4. The number of thiophene rings is 1. The van der Waals surface area contributed by atoms with Crippen molar-refractivity contribution in [2.24, 2.45) is 0 Å². The number of fused-ring (bicyclic) bond motifs is 1. The molecule has 5 heterocycles. The molecule has 0 N–H and O–H groups in total. The summed E-state index contributed by atoms with van der Waals surface area (Å²) in [6, 6.07) is 10.4. The van der Waals surface area contributed by atoms with Gasteiger partial charge in [-0.05, 0) is 65.2 Å². The molecule has 1 fully saturated rings. The van der Waals surface area contributed by atoms with Crippen LogP contribution in [-0.4, -0.2) is 37.6 Å². The van der Waals surface area contributed by atoms with E-state index in [4.69, 9.17) is 10.1 Å². The molecule has 0 bridgehead atoms. The van der Waals surface area contributed by atoms with E-state index in [9.17, 15) is 0 Å². The number of nitrogens with zero attached hydrogens (tertiary/aromatic N) is 5. The first-order chi connectivity index (χ1) is 12.8. The molecule has 4 aromatic heterocycles. The molecule has 1 aliphatic heterocycles. The second-order valence-corrected chi connectivity index (χ2v) is 7.56. The van der Waals surface area contributed by atoms with Gasteiger partial charge in [0.25, 0.3) is 0 Å². The average molecular weight is 361 g/mol. The van der Waals surface area contributed by atoms with Gasteiger partial charge in [0.2, 0.25) is 0 Å². The molecule has 0 radical (unpaired) electrons. The predicted octanol–water partition coefficient (Wildman–Crippen LogP) is 3.84. The molecule has 6 heteroatoms. The van der Waals surface area contributed by atoms with Crippen molar-refractivity contribution in [1.82, 2.24) is 24.5 Å². The summed E-state index contributed by atoms with van der Waals surface area (Å²) in [6.07, 6.45) is 6.80. The van der Waals surface area contributed by atoms with Crippen molar-refractivity contribution in [2.45, 2.75) is 18.9 Å². The van der Waals surface area contributed by atoms with Crippen LogP contribution >= 0.6 is 11.3 Å². The highest BCUT2D eigenvalue weighted by atomic mass is 32.1. The summed E-state index contributed by atoms with van der Waals surface area (Å²) in [5.41, 5.74) is 4.58. The van der Waals surface area contributed by atoms with Gasteiger partial charge in [0.1, 0.15) is 0 Å². The van der Waals surface area contributed by atoms with Crippen LogP contribution in [0.2, 0.25) is 0 Å². The van der Waals surface area contributed by atoms with Gasteiger partial charge in [-0.15, -0.1) is 0 Å². The summed E-state index contributed by atoms with van der Waals surface area (Å²) >= 11 is 1.76. The maximum absolute atomic E-state index is 4.78. The molecule has 0 aliphatic carbocycles. The van der Waals surface area contributed by atoms with Crippen LogP contribution in [0.5, 0.6) is 0 Å². The fourth-order valence-corrected chi connectivity index (χ4v) is 4.28. The van der Waals surface area contributed by atoms with Gasteiger partial charge in [-0.1, -0.05) is 0 Å². The predicted molar refractivity (Wildman–Crippen MR) is 103 cm³/mol. The number of aromatic nitrogens is 4. The average Bonchev–Trinajstić information content (AvgIpc) is 3.42. The molecule has 26 heavy (non-hydrogen) atoms. The second kappa shape index (κ2) is 6.63. The van der Waals surface area contributed by atoms with Crippen LogP contribution in [-0.2, 0) is 6.54 Å². The lowest BCUT2D eigenvalue weighted by atomic mass is 10.1. The minimum Gasteiger partial charge on any atom is -0.298 e. The zero-order valence-electron chi connectivity index (χ0n) is 14.3. The molecular weight excluding hydrogens is 342 g/mol. The Morgan fingerprint density at radius 1 is 1.08 bits per heavy atom. The molecule has 5 rings (SSSR count). The Balaban J connectivity index is 1.36. The Morgan fingerprint density at radius 3 is 2.85 bits per heavy atom. The molecule has 130 valence electrons. The zero-order valence-corrected chi connectivity index (χ0v) is 15.1. The van der Waals surface area contributed by atoms with E-state index in [1.54, 1.807) is 11.3 Å². The summed E-state index contributed by atoms with van der Waals surface area (Å²) < 4.78 is 1.91. The van der Waals surface area contributed by atoms with Crippen LogP contribution < -0.4 is 0 Å². The van der Waals surface area contributed by atoms with Crippen LogP contribution in [0.1, 0.15) is 23.7 Å². The van der Waals surface area contributed by atoms with Crippen molar-refractivity contribution in [3.05, 3.63) is 71.1 Å². The quantitative estimate of drug-likeness (QED) is 0.554. The normalized spacial score (nSPS) is 17.9. The molecule has 1 aliphatic rings. The summed E-state index contributed by atoms with van der Waals surface area (Å²) in [6.45, 7) is 3.17. The summed E-state index contributed by atoms with van der Waals surface area (Å²) in [5.74, 6) is 1.38. The number of pyridine rings is 2. The number of likely N-dealkylation sites (tertiary alicyclic amines) is 1. The van der Waals surface area contributed by atoms with Crippen molar-refractivity contribution in [3.63, 3.8) is 0 Å². The zero-order chi connectivity index (χ0) is 17.3. The SMILES string of the molecule is c1cc(-c2ccc3nc([C@H]4CCN(Cc5ccsc5)C4)nn3c2)ccn1. The largest absolute Gasteiger partial charge is 0.298 e. The van der Waals surface area contributed by atoms with E-state index in [1.807, 2.05) is 35.1 Å². The Labute approximate surface area is 156 Å². The highest BCUT2D eigenvalue weighted by Crippen LogP contribution is 2.27. The van der Waals surface area contributed by atoms with Crippen LogP contribution in [0, 0.1) is 0 Å². The molecule has 0 aromatic carbocycles. The van der Waals surface area contributed by atoms with Gasteiger partial charge in [0.05, 0.1) is 0 Å². The molecule has 1 atom stereocenters. The molecule has 0 saturated carbocycles. The van der Waals surface area contributed by atoms with Crippen molar-refractivity contribution < 1.29 is 0 Å². The molecule has 0 amide bonds. The monoisotopic (exact) mass is 361 g/mol. The van der Waals surface area contributed by atoms with Gasteiger partial charge in [0, 0.05) is 43.2 Å². The second-order valence-electron chi connectivity index (χ2n) is 6.78. The van der Waals surface area contributed by atoms with E-state index >= 15 is 0 Å². The molecule has 4 aromatic rings. The summed E-state index contributed by atoms with van der Waals surface area (Å²) in [7, 11) is 0. The van der Waals surface area contributed by atoms with Gasteiger partial charge in [-0.3, -0.25) is 9.88 Å². The van der Waals surface area contributed by atoms with Crippen LogP contribution in [0.3, 0.4) is 0 Å². The van der Waals surface area contributed by atoms with Gasteiger partial charge >= 0.3 is 0 Å². The Kier molecular flexibility index (Phi) is 3.99. The minimum atomic E-state index is 0.415. The van der Waals surface area contributed by atoms with Crippen molar-refractivity contribution in [3.8, 4) is 11.1 Å². The van der Waals surface area contributed by atoms with Crippen LogP contribution in [0.15, 0.2) is 59.7 Å². The molecule has 0 spiro atoms. The first kappa shape index (κ1) is 15.7. The highest BCUT2D eigenvalue weighted by Gasteiger charge is 2.27. The van der Waals surface area contributed by atoms with Gasteiger partial charge in [-0.2, -0.15) is 16.4 Å². The first-order valence-corrected chi connectivity index (χ1v) is 9.79. The Hall–Kier alpha value is -2.57. The summed E-state index contributed by atoms with van der Waals surface area (Å²) in [4.78, 5) is 11.4. The van der Waals surface area contributed by atoms with Crippen molar-refractivity contribution >= 4 is 17.0 Å². The summed E-state index contributed by atoms with van der Waals surface area (Å²) in [5, 5.41) is 9.16. The lowest BCUT2D eigenvalue weighted by Gasteiger charge is -2.13. The number of hydrogen-bond donors (Lipinski definition) is 0. The lowest BCUT2D eigenvalue weighted by Crippen LogP contribution is -2.19. The van der Waals surface area contributed by atoms with E-state index in [1.165, 1.54) is 5.56 Å². The van der Waals surface area contributed by atoms with E-state index in [0.717, 1.165) is 48.7 Å². The van der Waals surface area contributed by atoms with E-state index in [0.29, 0.717) is 5.92 Å². The minimum absolute atomic E-state index is 0.415. The molecule has 5 nitrogen and oxygen atoms in total. The molecule has 0 unspecified atom stereocenters.